The summed E-state index contributed by atoms with van der Waals surface area (Å²) in [6, 6.07) is 6.62. The molecule has 25 heavy (non-hydrogen) atoms. The van der Waals surface area contributed by atoms with Gasteiger partial charge in [-0.1, -0.05) is 0 Å². The van der Waals surface area contributed by atoms with Crippen LogP contribution in [0.4, 0.5) is 4.39 Å². The van der Waals surface area contributed by atoms with E-state index in [2.05, 4.69) is 20.7 Å². The molecule has 0 aliphatic rings. The molecule has 0 aliphatic carbocycles. The standard InChI is InChI=1S/C18H26FN5S/c1-15-13-23-24(14-15)11-3-9-21-18(20-2)22-10-4-12-25-17-7-5-16(19)6-8-17/h5-8,13-14H,3-4,9-12H2,1-2H3,(H2,20,21,22). The number of nitrogens with zero attached hydrogens (tertiary/aromatic N) is 3. The van der Waals surface area contributed by atoms with Crippen molar-refractivity contribution in [1.82, 2.24) is 20.4 Å². The molecular weight excluding hydrogens is 337 g/mol. The Balaban J connectivity index is 1.53. The van der Waals surface area contributed by atoms with E-state index in [1.54, 1.807) is 18.8 Å². The first-order valence-electron chi connectivity index (χ1n) is 8.49. The van der Waals surface area contributed by atoms with E-state index >= 15 is 0 Å². The van der Waals surface area contributed by atoms with Crippen LogP contribution in [-0.2, 0) is 6.54 Å². The number of hydrogen-bond donors (Lipinski definition) is 2. The summed E-state index contributed by atoms with van der Waals surface area (Å²) in [6.07, 6.45) is 5.92. The number of rotatable bonds is 9. The molecule has 0 radical (unpaired) electrons. The number of nitrogens with one attached hydrogen (secondary N) is 2. The molecule has 7 heteroatoms. The summed E-state index contributed by atoms with van der Waals surface area (Å²) >= 11 is 1.73. The lowest BCUT2D eigenvalue weighted by Gasteiger charge is -2.11. The lowest BCUT2D eigenvalue weighted by Crippen LogP contribution is -2.38. The molecule has 0 unspecified atom stereocenters. The van der Waals surface area contributed by atoms with Crippen LogP contribution in [0.2, 0.25) is 0 Å². The van der Waals surface area contributed by atoms with Gasteiger partial charge in [-0.25, -0.2) is 4.39 Å². The van der Waals surface area contributed by atoms with Crippen LogP contribution in [0.15, 0.2) is 46.5 Å². The molecule has 0 fully saturated rings. The molecule has 2 aromatic rings. The Morgan fingerprint density at radius 1 is 1.20 bits per heavy atom. The van der Waals surface area contributed by atoms with Gasteiger partial charge in [0.1, 0.15) is 5.82 Å². The monoisotopic (exact) mass is 363 g/mol. The fourth-order valence-corrected chi connectivity index (χ4v) is 3.11. The van der Waals surface area contributed by atoms with Crippen molar-refractivity contribution in [2.75, 3.05) is 25.9 Å². The van der Waals surface area contributed by atoms with Crippen molar-refractivity contribution in [3.8, 4) is 0 Å². The minimum atomic E-state index is -0.191. The first-order chi connectivity index (χ1) is 12.2. The Labute approximate surface area is 153 Å². The van der Waals surface area contributed by atoms with Crippen LogP contribution in [0.25, 0.3) is 0 Å². The van der Waals surface area contributed by atoms with Crippen molar-refractivity contribution in [1.29, 1.82) is 0 Å². The maximum absolute atomic E-state index is 12.8. The highest BCUT2D eigenvalue weighted by atomic mass is 32.2. The second-order valence-corrected chi connectivity index (χ2v) is 6.88. The molecule has 0 atom stereocenters. The molecule has 2 rings (SSSR count). The van der Waals surface area contributed by atoms with Crippen molar-refractivity contribution < 1.29 is 4.39 Å². The van der Waals surface area contributed by atoms with E-state index in [1.807, 2.05) is 36.1 Å². The first kappa shape index (κ1) is 19.3. The van der Waals surface area contributed by atoms with Crippen LogP contribution >= 0.6 is 11.8 Å². The number of guanidine groups is 1. The van der Waals surface area contributed by atoms with Crippen molar-refractivity contribution in [3.63, 3.8) is 0 Å². The third-order valence-electron chi connectivity index (χ3n) is 3.54. The van der Waals surface area contributed by atoms with Gasteiger partial charge in [-0.15, -0.1) is 11.8 Å². The van der Waals surface area contributed by atoms with Crippen LogP contribution in [0.1, 0.15) is 18.4 Å². The average Bonchev–Trinajstić information content (AvgIpc) is 3.03. The fraction of sp³-hybridized carbons (Fsp3) is 0.444. The Hall–Kier alpha value is -2.02. The van der Waals surface area contributed by atoms with Crippen molar-refractivity contribution >= 4 is 17.7 Å². The molecule has 136 valence electrons. The molecule has 0 bridgehead atoms. The molecule has 0 saturated heterocycles. The molecule has 0 spiro atoms. The van der Waals surface area contributed by atoms with Gasteiger partial charge >= 0.3 is 0 Å². The van der Waals surface area contributed by atoms with Crippen LogP contribution in [0.3, 0.4) is 0 Å². The van der Waals surface area contributed by atoms with Crippen molar-refractivity contribution in [3.05, 3.63) is 48.0 Å². The smallest absolute Gasteiger partial charge is 0.190 e. The Morgan fingerprint density at radius 3 is 2.56 bits per heavy atom. The molecule has 0 amide bonds. The summed E-state index contributed by atoms with van der Waals surface area (Å²) in [5, 5.41) is 10.9. The number of thioether (sulfide) groups is 1. The zero-order valence-corrected chi connectivity index (χ0v) is 15.7. The normalized spacial score (nSPS) is 11.6. The van der Waals surface area contributed by atoms with E-state index in [0.717, 1.165) is 49.1 Å². The molecule has 1 heterocycles. The van der Waals surface area contributed by atoms with Gasteiger partial charge in [-0.05, 0) is 55.3 Å². The SMILES string of the molecule is CN=C(NCCCSc1ccc(F)cc1)NCCCn1cc(C)cn1. The summed E-state index contributed by atoms with van der Waals surface area (Å²) < 4.78 is 14.8. The predicted molar refractivity (Wildman–Crippen MR) is 103 cm³/mol. The Morgan fingerprint density at radius 2 is 1.92 bits per heavy atom. The van der Waals surface area contributed by atoms with Gasteiger partial charge in [0.05, 0.1) is 6.20 Å². The summed E-state index contributed by atoms with van der Waals surface area (Å²) in [7, 11) is 1.78. The maximum atomic E-state index is 12.8. The van der Waals surface area contributed by atoms with Crippen LogP contribution in [0.5, 0.6) is 0 Å². The van der Waals surface area contributed by atoms with Gasteiger partial charge in [0.2, 0.25) is 0 Å². The minimum Gasteiger partial charge on any atom is -0.356 e. The number of aliphatic imine (C=N–C) groups is 1. The van der Waals surface area contributed by atoms with E-state index in [-0.39, 0.29) is 5.82 Å². The average molecular weight is 364 g/mol. The lowest BCUT2D eigenvalue weighted by molar-refractivity contribution is 0.570. The molecule has 2 N–H and O–H groups in total. The van der Waals surface area contributed by atoms with E-state index in [1.165, 1.54) is 17.7 Å². The summed E-state index contributed by atoms with van der Waals surface area (Å²) in [5.74, 6) is 1.61. The van der Waals surface area contributed by atoms with Gasteiger partial charge in [-0.2, -0.15) is 5.10 Å². The highest BCUT2D eigenvalue weighted by molar-refractivity contribution is 7.99. The topological polar surface area (TPSA) is 54.2 Å². The van der Waals surface area contributed by atoms with Gasteiger partial charge in [-0.3, -0.25) is 9.67 Å². The number of benzene rings is 1. The van der Waals surface area contributed by atoms with E-state index in [0.29, 0.717) is 0 Å². The van der Waals surface area contributed by atoms with Crippen molar-refractivity contribution in [2.45, 2.75) is 31.2 Å². The molecule has 0 saturated carbocycles. The van der Waals surface area contributed by atoms with E-state index < -0.39 is 0 Å². The fourth-order valence-electron chi connectivity index (χ4n) is 2.26. The molecule has 0 aliphatic heterocycles. The lowest BCUT2D eigenvalue weighted by atomic mass is 10.4. The molecule has 1 aromatic heterocycles. The highest BCUT2D eigenvalue weighted by Gasteiger charge is 1.99. The number of aryl methyl sites for hydroxylation is 2. The van der Waals surface area contributed by atoms with Crippen LogP contribution in [0, 0.1) is 12.7 Å². The van der Waals surface area contributed by atoms with Gasteiger partial charge in [0.15, 0.2) is 5.96 Å². The highest BCUT2D eigenvalue weighted by Crippen LogP contribution is 2.18. The Bertz CT molecular complexity index is 654. The summed E-state index contributed by atoms with van der Waals surface area (Å²) in [4.78, 5) is 5.32. The van der Waals surface area contributed by atoms with Crippen LogP contribution < -0.4 is 10.6 Å². The molecule has 1 aromatic carbocycles. The second kappa shape index (κ2) is 10.8. The van der Waals surface area contributed by atoms with E-state index in [4.69, 9.17) is 0 Å². The van der Waals surface area contributed by atoms with E-state index in [9.17, 15) is 4.39 Å². The van der Waals surface area contributed by atoms with Gasteiger partial charge in [0.25, 0.3) is 0 Å². The summed E-state index contributed by atoms with van der Waals surface area (Å²) in [5.41, 5.74) is 1.18. The number of aromatic nitrogens is 2. The number of halogens is 1. The maximum Gasteiger partial charge on any atom is 0.190 e. The zero-order valence-electron chi connectivity index (χ0n) is 14.8. The minimum absolute atomic E-state index is 0.191. The predicted octanol–water partition coefficient (Wildman–Crippen LogP) is 3.07. The van der Waals surface area contributed by atoms with Gasteiger partial charge in [0, 0.05) is 37.8 Å². The van der Waals surface area contributed by atoms with Crippen LogP contribution in [-0.4, -0.2) is 41.6 Å². The third-order valence-corrected chi connectivity index (χ3v) is 4.64. The first-order valence-corrected chi connectivity index (χ1v) is 9.48. The molecular formula is C18H26FN5S. The zero-order chi connectivity index (χ0) is 17.9. The largest absolute Gasteiger partial charge is 0.356 e. The third kappa shape index (κ3) is 7.60. The molecule has 5 nitrogen and oxygen atoms in total. The Kier molecular flexibility index (Phi) is 8.31. The van der Waals surface area contributed by atoms with Gasteiger partial charge < -0.3 is 10.6 Å². The quantitative estimate of drug-likeness (QED) is 0.311. The van der Waals surface area contributed by atoms with Crippen molar-refractivity contribution in [2.24, 2.45) is 4.99 Å². The summed E-state index contributed by atoms with van der Waals surface area (Å²) in [6.45, 7) is 4.64. The number of hydrogen-bond acceptors (Lipinski definition) is 3. The second-order valence-electron chi connectivity index (χ2n) is 5.72.